The van der Waals surface area contributed by atoms with E-state index in [0.717, 1.165) is 37.0 Å². The van der Waals surface area contributed by atoms with Gasteiger partial charge in [-0.25, -0.2) is 0 Å². The van der Waals surface area contributed by atoms with Crippen molar-refractivity contribution in [3.05, 3.63) is 65.7 Å². The molecule has 1 saturated heterocycles. The van der Waals surface area contributed by atoms with E-state index in [1.54, 1.807) is 7.05 Å². The van der Waals surface area contributed by atoms with Crippen molar-refractivity contribution in [1.82, 2.24) is 10.6 Å². The number of carboxylic acids is 1. The number of rotatable bonds is 11. The van der Waals surface area contributed by atoms with Gasteiger partial charge >= 0.3 is 5.97 Å². The molecular formula is C27H42N4O5. The van der Waals surface area contributed by atoms with Crippen LogP contribution < -0.4 is 21.7 Å². The minimum atomic E-state index is -0.824. The topological polar surface area (TPSA) is 146 Å². The van der Waals surface area contributed by atoms with Crippen molar-refractivity contribution in [3.63, 3.8) is 0 Å². The van der Waals surface area contributed by atoms with E-state index in [-0.39, 0.29) is 6.04 Å². The number of hydrogen-bond acceptors (Lipinski definition) is 8. The molecule has 0 aromatic heterocycles. The van der Waals surface area contributed by atoms with Crippen molar-refractivity contribution in [1.29, 1.82) is 0 Å². The van der Waals surface area contributed by atoms with E-state index < -0.39 is 12.0 Å². The van der Waals surface area contributed by atoms with Crippen LogP contribution >= 0.6 is 0 Å². The number of aldehydes is 2. The van der Waals surface area contributed by atoms with Crippen LogP contribution in [0.15, 0.2) is 54.6 Å². The number of ether oxygens (including phenoxy) is 1. The molecule has 3 unspecified atom stereocenters. The highest BCUT2D eigenvalue weighted by Gasteiger charge is 2.23. The molecule has 0 amide bonds. The number of benzene rings is 2. The summed E-state index contributed by atoms with van der Waals surface area (Å²) in [6, 6.07) is 17.5. The summed E-state index contributed by atoms with van der Waals surface area (Å²) >= 11 is 0. The number of carboxylic acid groups (broad SMARTS) is 1. The molecule has 3 atom stereocenters. The van der Waals surface area contributed by atoms with E-state index in [0.29, 0.717) is 25.5 Å². The highest BCUT2D eigenvalue weighted by atomic mass is 16.6. The van der Waals surface area contributed by atoms with E-state index in [2.05, 4.69) is 28.1 Å². The molecule has 2 aromatic carbocycles. The average Bonchev–Trinajstić information content (AvgIpc) is 3.75. The second-order valence-corrected chi connectivity index (χ2v) is 7.79. The maximum absolute atomic E-state index is 10.8. The van der Waals surface area contributed by atoms with Gasteiger partial charge in [0.05, 0.1) is 12.6 Å². The van der Waals surface area contributed by atoms with Gasteiger partial charge in [-0.1, -0.05) is 49.4 Å². The normalized spacial score (nSPS) is 14.6. The highest BCUT2D eigenvalue weighted by Crippen LogP contribution is 2.28. The van der Waals surface area contributed by atoms with Gasteiger partial charge in [-0.3, -0.25) is 4.79 Å². The molecule has 0 aliphatic carbocycles. The lowest BCUT2D eigenvalue weighted by atomic mass is 10.1. The Hall–Kier alpha value is -3.11. The third kappa shape index (κ3) is 16.5. The Morgan fingerprint density at radius 3 is 2.08 bits per heavy atom. The zero-order valence-electron chi connectivity index (χ0n) is 21.8. The minimum Gasteiger partial charge on any atom is -0.480 e. The summed E-state index contributed by atoms with van der Waals surface area (Å²) < 4.78 is 5.09. The summed E-state index contributed by atoms with van der Waals surface area (Å²) in [5.74, 6) is -0.824. The number of carbonyl (C=O) groups is 3. The second kappa shape index (κ2) is 21.2. The molecule has 1 aliphatic rings. The summed E-state index contributed by atoms with van der Waals surface area (Å²) in [4.78, 5) is 29.9. The summed E-state index contributed by atoms with van der Waals surface area (Å²) in [5.41, 5.74) is 8.24. The van der Waals surface area contributed by atoms with E-state index >= 15 is 0 Å². The zero-order valence-corrected chi connectivity index (χ0v) is 21.8. The molecule has 1 aliphatic heterocycles. The van der Waals surface area contributed by atoms with Gasteiger partial charge in [0.1, 0.15) is 24.7 Å². The predicted molar refractivity (Wildman–Crippen MR) is 144 cm³/mol. The average molecular weight is 503 g/mol. The van der Waals surface area contributed by atoms with Crippen LogP contribution in [0, 0.1) is 0 Å². The first-order valence-corrected chi connectivity index (χ1v) is 12.0. The van der Waals surface area contributed by atoms with Crippen LogP contribution in [0.4, 0.5) is 5.69 Å². The number of carbonyl (C=O) groups excluding carboxylic acids is 2. The third-order valence-electron chi connectivity index (χ3n) is 4.85. The fraction of sp³-hybridized carbons (Fsp3) is 0.444. The second-order valence-electron chi connectivity index (χ2n) is 7.79. The molecule has 9 nitrogen and oxygen atoms in total. The van der Waals surface area contributed by atoms with Gasteiger partial charge in [-0.2, -0.15) is 0 Å². The Morgan fingerprint density at radius 1 is 1.14 bits per heavy atom. The smallest absolute Gasteiger partial charge is 0.321 e. The highest BCUT2D eigenvalue weighted by molar-refractivity contribution is 5.73. The zero-order chi connectivity index (χ0) is 27.2. The largest absolute Gasteiger partial charge is 0.480 e. The van der Waals surface area contributed by atoms with Crippen molar-refractivity contribution in [2.45, 2.75) is 44.9 Å². The van der Waals surface area contributed by atoms with Crippen LogP contribution in [0.5, 0.6) is 0 Å². The van der Waals surface area contributed by atoms with Crippen LogP contribution in [0.3, 0.4) is 0 Å². The standard InChI is InChI=1S/C11H16N2O2.C8H8O.C5H11NO.C3H7NO/c1-12-9-5-3-8(4-6-9)7-10(13-2)11(14)15;1-2-4-7(5-3-1)8-6-9-8;1-3-6-5(2)4-7;4-2-1-3-5/h3-6,10,12-13H,7H2,1-2H3,(H,14,15);1-5,8H,6H2;4-6H,3H2,1-2H3;3H,1-2,4H2. The Bertz CT molecular complexity index is 830. The van der Waals surface area contributed by atoms with E-state index in [1.807, 2.05) is 63.4 Å². The van der Waals surface area contributed by atoms with Gasteiger partial charge < -0.3 is 41.1 Å². The van der Waals surface area contributed by atoms with Crippen LogP contribution in [0.1, 0.15) is 37.5 Å². The lowest BCUT2D eigenvalue weighted by Crippen LogP contribution is -2.35. The van der Waals surface area contributed by atoms with Crippen LogP contribution in [-0.4, -0.2) is 69.5 Å². The first-order valence-electron chi connectivity index (χ1n) is 12.0. The molecule has 200 valence electrons. The van der Waals surface area contributed by atoms with Crippen LogP contribution in [0.2, 0.25) is 0 Å². The quantitative estimate of drug-likeness (QED) is 0.231. The molecular weight excluding hydrogens is 460 g/mol. The molecule has 0 spiro atoms. The Labute approximate surface area is 214 Å². The predicted octanol–water partition coefficient (Wildman–Crippen LogP) is 2.42. The van der Waals surface area contributed by atoms with E-state index in [4.69, 9.17) is 15.6 Å². The van der Waals surface area contributed by atoms with E-state index in [9.17, 15) is 14.4 Å². The molecule has 3 rings (SSSR count). The number of hydrogen-bond donors (Lipinski definition) is 5. The number of epoxide rings is 1. The minimum absolute atomic E-state index is 0.0185. The number of aliphatic carboxylic acids is 1. The lowest BCUT2D eigenvalue weighted by molar-refractivity contribution is -0.139. The maximum Gasteiger partial charge on any atom is 0.321 e. The van der Waals surface area contributed by atoms with Crippen LogP contribution in [-0.2, 0) is 25.5 Å². The van der Waals surface area contributed by atoms with Gasteiger partial charge in [-0.15, -0.1) is 0 Å². The number of likely N-dealkylation sites (N-methyl/N-ethyl adjacent to an activating group) is 2. The Morgan fingerprint density at radius 2 is 1.75 bits per heavy atom. The van der Waals surface area contributed by atoms with Gasteiger partial charge in [0.25, 0.3) is 0 Å². The summed E-state index contributed by atoms with van der Waals surface area (Å²) in [5, 5.41) is 17.6. The van der Waals surface area contributed by atoms with Crippen molar-refractivity contribution in [2.24, 2.45) is 5.73 Å². The summed E-state index contributed by atoms with van der Waals surface area (Å²) in [6.07, 6.45) is 3.09. The monoisotopic (exact) mass is 502 g/mol. The number of nitrogens with one attached hydrogen (secondary N) is 3. The molecule has 1 fully saturated rings. The van der Waals surface area contributed by atoms with Gasteiger partial charge in [0.15, 0.2) is 0 Å². The fourth-order valence-corrected chi connectivity index (χ4v) is 2.70. The summed E-state index contributed by atoms with van der Waals surface area (Å²) in [6.45, 7) is 6.05. The Balaban J connectivity index is 0.000000497. The van der Waals surface area contributed by atoms with Crippen molar-refractivity contribution < 1.29 is 24.2 Å². The molecule has 1 heterocycles. The molecule has 0 radical (unpaired) electrons. The van der Waals surface area contributed by atoms with Crippen molar-refractivity contribution in [3.8, 4) is 0 Å². The molecule has 0 bridgehead atoms. The maximum atomic E-state index is 10.8. The first kappa shape index (κ1) is 32.9. The molecule has 2 aromatic rings. The van der Waals surface area contributed by atoms with Crippen LogP contribution in [0.25, 0.3) is 0 Å². The van der Waals surface area contributed by atoms with E-state index in [1.165, 1.54) is 5.56 Å². The van der Waals surface area contributed by atoms with Gasteiger partial charge in [-0.05, 0) is 56.7 Å². The lowest BCUT2D eigenvalue weighted by Gasteiger charge is -2.11. The third-order valence-corrected chi connectivity index (χ3v) is 4.85. The molecule has 36 heavy (non-hydrogen) atoms. The fourth-order valence-electron chi connectivity index (χ4n) is 2.70. The van der Waals surface area contributed by atoms with Gasteiger partial charge in [0.2, 0.25) is 0 Å². The van der Waals surface area contributed by atoms with Gasteiger partial charge in [0, 0.05) is 19.2 Å². The summed E-state index contributed by atoms with van der Waals surface area (Å²) in [7, 11) is 3.50. The number of nitrogens with two attached hydrogens (primary N) is 1. The Kier molecular flexibility index (Phi) is 19.4. The molecule has 6 N–H and O–H groups in total. The SMILES string of the molecule is CCNC(C)C=O.CNc1ccc(CC(NC)C(=O)O)cc1.NCCC=O.c1ccc(C2CO2)cc1. The molecule has 9 heteroatoms. The first-order chi connectivity index (χ1) is 17.4. The molecule has 0 saturated carbocycles. The van der Waals surface area contributed by atoms with Crippen molar-refractivity contribution in [2.75, 3.05) is 39.1 Å². The van der Waals surface area contributed by atoms with Crippen molar-refractivity contribution >= 4 is 24.2 Å². The number of anilines is 1.